The Morgan fingerprint density at radius 2 is 2.18 bits per heavy atom. The lowest BCUT2D eigenvalue weighted by Crippen LogP contribution is -2.11. The highest BCUT2D eigenvalue weighted by Crippen LogP contribution is 2.12. The van der Waals surface area contributed by atoms with Crippen LogP contribution in [0, 0.1) is 0 Å². The normalized spacial score (nSPS) is 9.88. The summed E-state index contributed by atoms with van der Waals surface area (Å²) in [5.74, 6) is -1.40. The average molecular weight is 248 g/mol. The van der Waals surface area contributed by atoms with Crippen LogP contribution in [0.25, 0.3) is 0 Å². The zero-order valence-electron chi connectivity index (χ0n) is 8.58. The third-order valence-electron chi connectivity index (χ3n) is 2.02. The number of aromatic nitrogens is 1. The van der Waals surface area contributed by atoms with Crippen LogP contribution in [0.2, 0.25) is 0 Å². The van der Waals surface area contributed by atoms with Gasteiger partial charge in [-0.2, -0.15) is 11.3 Å². The Bertz CT molecular complexity index is 552. The van der Waals surface area contributed by atoms with E-state index in [0.717, 1.165) is 0 Å². The van der Waals surface area contributed by atoms with Gasteiger partial charge in [0.2, 0.25) is 0 Å². The van der Waals surface area contributed by atoms with E-state index in [1.165, 1.54) is 29.7 Å². The highest BCUT2D eigenvalue weighted by atomic mass is 32.1. The van der Waals surface area contributed by atoms with Crippen LogP contribution in [-0.4, -0.2) is 22.0 Å². The SMILES string of the molecule is O=C(Nc1ccnc(C(=O)O)c1)c1ccsc1. The Kier molecular flexibility index (Phi) is 3.15. The maximum Gasteiger partial charge on any atom is 0.354 e. The molecule has 5 nitrogen and oxygen atoms in total. The van der Waals surface area contributed by atoms with E-state index in [1.807, 2.05) is 0 Å². The van der Waals surface area contributed by atoms with Crippen molar-refractivity contribution in [3.05, 3.63) is 46.4 Å². The zero-order chi connectivity index (χ0) is 12.3. The molecule has 0 aromatic carbocycles. The third kappa shape index (κ3) is 2.67. The number of nitrogens with one attached hydrogen (secondary N) is 1. The smallest absolute Gasteiger partial charge is 0.354 e. The molecule has 0 atom stereocenters. The van der Waals surface area contributed by atoms with Gasteiger partial charge in [0, 0.05) is 17.3 Å². The molecule has 17 heavy (non-hydrogen) atoms. The maximum atomic E-state index is 11.7. The molecule has 0 unspecified atom stereocenters. The van der Waals surface area contributed by atoms with Crippen molar-refractivity contribution in [2.24, 2.45) is 0 Å². The number of carbonyl (C=O) groups excluding carboxylic acids is 1. The summed E-state index contributed by atoms with van der Waals surface area (Å²) in [6, 6.07) is 4.54. The number of amides is 1. The lowest BCUT2D eigenvalue weighted by atomic mass is 10.3. The van der Waals surface area contributed by atoms with Crippen LogP contribution in [0.3, 0.4) is 0 Å². The lowest BCUT2D eigenvalue weighted by molar-refractivity contribution is 0.0690. The van der Waals surface area contributed by atoms with Gasteiger partial charge in [-0.15, -0.1) is 0 Å². The molecule has 0 aliphatic rings. The fraction of sp³-hybridized carbons (Fsp3) is 0. The van der Waals surface area contributed by atoms with Crippen molar-refractivity contribution < 1.29 is 14.7 Å². The molecule has 1 amide bonds. The summed E-state index contributed by atoms with van der Waals surface area (Å²) in [6.07, 6.45) is 1.34. The van der Waals surface area contributed by atoms with Crippen molar-refractivity contribution in [2.75, 3.05) is 5.32 Å². The molecule has 0 radical (unpaired) electrons. The molecule has 0 saturated heterocycles. The minimum atomic E-state index is -1.13. The summed E-state index contributed by atoms with van der Waals surface area (Å²) in [6.45, 7) is 0. The quantitative estimate of drug-likeness (QED) is 0.871. The van der Waals surface area contributed by atoms with E-state index in [0.29, 0.717) is 11.3 Å². The molecule has 6 heteroatoms. The van der Waals surface area contributed by atoms with E-state index in [2.05, 4.69) is 10.3 Å². The molecule has 0 fully saturated rings. The lowest BCUT2D eigenvalue weighted by Gasteiger charge is -2.03. The Morgan fingerprint density at radius 1 is 1.35 bits per heavy atom. The minimum Gasteiger partial charge on any atom is -0.477 e. The number of aromatic carboxylic acids is 1. The predicted molar refractivity (Wildman–Crippen MR) is 63.5 cm³/mol. The molecule has 2 N–H and O–H groups in total. The van der Waals surface area contributed by atoms with Gasteiger partial charge in [0.15, 0.2) is 0 Å². The number of anilines is 1. The summed E-state index contributed by atoms with van der Waals surface area (Å²) in [5, 5.41) is 14.9. The number of pyridine rings is 1. The van der Waals surface area contributed by atoms with Gasteiger partial charge in [-0.25, -0.2) is 9.78 Å². The van der Waals surface area contributed by atoms with Gasteiger partial charge >= 0.3 is 5.97 Å². The molecule has 2 rings (SSSR count). The van der Waals surface area contributed by atoms with E-state index in [1.54, 1.807) is 16.8 Å². The van der Waals surface area contributed by atoms with Crippen molar-refractivity contribution in [3.8, 4) is 0 Å². The molecule has 2 heterocycles. The number of hydrogen-bond donors (Lipinski definition) is 2. The number of thiophene rings is 1. The summed E-state index contributed by atoms with van der Waals surface area (Å²) < 4.78 is 0. The molecule has 2 aromatic rings. The Labute approximate surface area is 101 Å². The van der Waals surface area contributed by atoms with E-state index < -0.39 is 5.97 Å². The monoisotopic (exact) mass is 248 g/mol. The van der Waals surface area contributed by atoms with Gasteiger partial charge in [-0.1, -0.05) is 0 Å². The summed E-state index contributed by atoms with van der Waals surface area (Å²) in [7, 11) is 0. The van der Waals surface area contributed by atoms with Gasteiger partial charge in [0.25, 0.3) is 5.91 Å². The van der Waals surface area contributed by atoms with Crippen LogP contribution in [-0.2, 0) is 0 Å². The number of carboxylic acid groups (broad SMARTS) is 1. The molecule has 0 saturated carbocycles. The van der Waals surface area contributed by atoms with Crippen LogP contribution in [0.1, 0.15) is 20.8 Å². The topological polar surface area (TPSA) is 79.3 Å². The van der Waals surface area contributed by atoms with Crippen molar-refractivity contribution in [2.45, 2.75) is 0 Å². The fourth-order valence-electron chi connectivity index (χ4n) is 1.22. The molecular formula is C11H8N2O3S. The van der Waals surface area contributed by atoms with Gasteiger partial charge < -0.3 is 10.4 Å². The molecular weight excluding hydrogens is 240 g/mol. The van der Waals surface area contributed by atoms with Crippen molar-refractivity contribution in [1.82, 2.24) is 4.98 Å². The number of hydrogen-bond acceptors (Lipinski definition) is 4. The Balaban J connectivity index is 2.16. The first-order valence-corrected chi connectivity index (χ1v) is 5.64. The summed E-state index contributed by atoms with van der Waals surface area (Å²) in [5.41, 5.74) is 0.852. The van der Waals surface area contributed by atoms with E-state index >= 15 is 0 Å². The maximum absolute atomic E-state index is 11.7. The van der Waals surface area contributed by atoms with E-state index in [4.69, 9.17) is 5.11 Å². The average Bonchev–Trinajstić information content (AvgIpc) is 2.82. The van der Waals surface area contributed by atoms with Crippen molar-refractivity contribution in [3.63, 3.8) is 0 Å². The van der Waals surface area contributed by atoms with Crippen LogP contribution in [0.5, 0.6) is 0 Å². The first kappa shape index (κ1) is 11.3. The van der Waals surface area contributed by atoms with Crippen molar-refractivity contribution in [1.29, 1.82) is 0 Å². The second-order valence-corrected chi connectivity index (χ2v) is 3.98. The second-order valence-electron chi connectivity index (χ2n) is 3.20. The van der Waals surface area contributed by atoms with Crippen LogP contribution in [0.4, 0.5) is 5.69 Å². The highest BCUT2D eigenvalue weighted by molar-refractivity contribution is 7.08. The number of nitrogens with zero attached hydrogens (tertiary/aromatic N) is 1. The van der Waals surface area contributed by atoms with E-state index in [-0.39, 0.29) is 11.6 Å². The highest BCUT2D eigenvalue weighted by Gasteiger charge is 2.09. The van der Waals surface area contributed by atoms with Crippen molar-refractivity contribution >= 4 is 28.9 Å². The number of rotatable bonds is 3. The van der Waals surface area contributed by atoms with Gasteiger partial charge in [0.05, 0.1) is 5.56 Å². The molecule has 2 aromatic heterocycles. The van der Waals surface area contributed by atoms with Gasteiger partial charge in [-0.3, -0.25) is 4.79 Å². The largest absolute Gasteiger partial charge is 0.477 e. The first-order valence-electron chi connectivity index (χ1n) is 4.70. The molecule has 0 spiro atoms. The standard InChI is InChI=1S/C11H8N2O3S/c14-10(7-2-4-17-6-7)13-8-1-3-12-9(5-8)11(15)16/h1-6H,(H,15,16)(H,12,13,14). The number of carbonyl (C=O) groups is 2. The molecule has 0 aliphatic carbocycles. The van der Waals surface area contributed by atoms with E-state index in [9.17, 15) is 9.59 Å². The molecule has 86 valence electrons. The molecule has 0 bridgehead atoms. The minimum absolute atomic E-state index is 0.104. The summed E-state index contributed by atoms with van der Waals surface area (Å²) in [4.78, 5) is 26.0. The van der Waals surface area contributed by atoms with Gasteiger partial charge in [-0.05, 0) is 23.6 Å². The predicted octanol–water partition coefficient (Wildman–Crippen LogP) is 2.09. The Morgan fingerprint density at radius 3 is 2.82 bits per heavy atom. The van der Waals surface area contributed by atoms with Crippen LogP contribution < -0.4 is 5.32 Å². The third-order valence-corrected chi connectivity index (χ3v) is 2.70. The number of carboxylic acids is 1. The van der Waals surface area contributed by atoms with Crippen LogP contribution in [0.15, 0.2) is 35.2 Å². The molecule has 0 aliphatic heterocycles. The second kappa shape index (κ2) is 4.75. The fourth-order valence-corrected chi connectivity index (χ4v) is 1.86. The van der Waals surface area contributed by atoms with Crippen LogP contribution >= 0.6 is 11.3 Å². The Hall–Kier alpha value is -2.21. The zero-order valence-corrected chi connectivity index (χ0v) is 9.40. The first-order chi connectivity index (χ1) is 8.16. The van der Waals surface area contributed by atoms with Gasteiger partial charge in [0.1, 0.15) is 5.69 Å². The summed E-state index contributed by atoms with van der Waals surface area (Å²) >= 11 is 1.42.